The van der Waals surface area contributed by atoms with Crippen molar-refractivity contribution in [3.8, 4) is 34.0 Å². The van der Waals surface area contributed by atoms with Gasteiger partial charge in [-0.2, -0.15) is 4.98 Å². The first-order valence-electron chi connectivity index (χ1n) is 12.5. The summed E-state index contributed by atoms with van der Waals surface area (Å²) in [4.78, 5) is 21.1. The lowest BCUT2D eigenvalue weighted by Crippen LogP contribution is -2.31. The normalized spacial score (nSPS) is 16.9. The lowest BCUT2D eigenvalue weighted by Gasteiger charge is -2.20. The van der Waals surface area contributed by atoms with Crippen molar-refractivity contribution in [1.82, 2.24) is 15.1 Å². The Labute approximate surface area is 226 Å². The van der Waals surface area contributed by atoms with Crippen LogP contribution in [0.1, 0.15) is 30.4 Å². The molecule has 0 saturated heterocycles. The van der Waals surface area contributed by atoms with Gasteiger partial charge in [0.15, 0.2) is 0 Å². The molecule has 1 fully saturated rings. The van der Waals surface area contributed by atoms with Crippen molar-refractivity contribution >= 4 is 23.4 Å². The monoisotopic (exact) mass is 532 g/mol. The van der Waals surface area contributed by atoms with Crippen LogP contribution in [0.15, 0.2) is 59.3 Å². The van der Waals surface area contributed by atoms with Crippen LogP contribution in [0.2, 0.25) is 5.02 Å². The van der Waals surface area contributed by atoms with Crippen LogP contribution in [-0.2, 0) is 20.9 Å². The van der Waals surface area contributed by atoms with Crippen LogP contribution < -0.4 is 5.32 Å². The predicted octanol–water partition coefficient (Wildman–Crippen LogP) is 6.33. The van der Waals surface area contributed by atoms with Gasteiger partial charge in [0.05, 0.1) is 24.7 Å². The molecule has 0 radical (unpaired) electrons. The quantitative estimate of drug-likeness (QED) is 0.263. The van der Waals surface area contributed by atoms with Gasteiger partial charge < -0.3 is 19.3 Å². The molecule has 9 heteroatoms. The Bertz CT molecular complexity index is 1450. The molecule has 2 atom stereocenters. The van der Waals surface area contributed by atoms with E-state index in [-0.39, 0.29) is 17.9 Å². The lowest BCUT2D eigenvalue weighted by molar-refractivity contribution is -0.145. The Morgan fingerprint density at radius 2 is 1.95 bits per heavy atom. The van der Waals surface area contributed by atoms with E-state index in [1.165, 1.54) is 12.7 Å². The molecule has 0 amide bonds. The highest BCUT2D eigenvalue weighted by molar-refractivity contribution is 6.33. The summed E-state index contributed by atoms with van der Waals surface area (Å²) in [6.45, 7) is 2.54. The van der Waals surface area contributed by atoms with Crippen LogP contribution in [0.4, 0.5) is 5.82 Å². The number of methoxy groups -OCH3 is 2. The van der Waals surface area contributed by atoms with Crippen LogP contribution in [0.3, 0.4) is 0 Å². The highest BCUT2D eigenvalue weighted by Crippen LogP contribution is 2.34. The molecule has 8 nitrogen and oxygen atoms in total. The van der Waals surface area contributed by atoms with Gasteiger partial charge in [0.1, 0.15) is 5.82 Å². The Balaban J connectivity index is 1.37. The molecule has 1 aliphatic carbocycles. The smallest absolute Gasteiger partial charge is 0.310 e. The number of hydrogen-bond acceptors (Lipinski definition) is 8. The maximum atomic E-state index is 12.1. The third kappa shape index (κ3) is 5.28. The number of rotatable bonds is 8. The molecule has 4 aromatic rings. The van der Waals surface area contributed by atoms with Gasteiger partial charge in [0, 0.05) is 30.5 Å². The Morgan fingerprint density at radius 3 is 2.71 bits per heavy atom. The first kappa shape index (κ1) is 25.9. The molecule has 1 saturated carbocycles. The SMILES string of the molecule is COCc1cc(-c2nc(-c3cnc(N[C@@H]4CCC[C@@H]4C(=O)OC)c(Cl)c3)no2)ccc1-c1ccccc1C. The van der Waals surface area contributed by atoms with E-state index in [2.05, 4.69) is 45.6 Å². The van der Waals surface area contributed by atoms with Crippen molar-refractivity contribution in [3.05, 3.63) is 70.9 Å². The van der Waals surface area contributed by atoms with Gasteiger partial charge >= 0.3 is 5.97 Å². The zero-order valence-corrected chi connectivity index (χ0v) is 22.3. The van der Waals surface area contributed by atoms with E-state index in [9.17, 15) is 4.79 Å². The average molecular weight is 533 g/mol. The summed E-state index contributed by atoms with van der Waals surface area (Å²) in [6.07, 6.45) is 4.21. The fraction of sp³-hybridized carbons (Fsp3) is 0.310. The summed E-state index contributed by atoms with van der Waals surface area (Å²) in [5, 5.41) is 7.87. The van der Waals surface area contributed by atoms with Crippen molar-refractivity contribution in [1.29, 1.82) is 0 Å². The fourth-order valence-electron chi connectivity index (χ4n) is 5.01. The first-order valence-corrected chi connectivity index (χ1v) is 12.9. The van der Waals surface area contributed by atoms with Crippen molar-refractivity contribution in [3.63, 3.8) is 0 Å². The maximum Gasteiger partial charge on any atom is 0.310 e. The first-order chi connectivity index (χ1) is 18.5. The summed E-state index contributed by atoms with van der Waals surface area (Å²) in [6, 6.07) is 16.0. The molecule has 196 valence electrons. The highest BCUT2D eigenvalue weighted by atomic mass is 35.5. The molecule has 38 heavy (non-hydrogen) atoms. The van der Waals surface area contributed by atoms with Crippen molar-refractivity contribution < 1.29 is 18.8 Å². The molecule has 1 aliphatic rings. The Kier molecular flexibility index (Phi) is 7.72. The van der Waals surface area contributed by atoms with E-state index >= 15 is 0 Å². The minimum atomic E-state index is -0.215. The molecule has 0 spiro atoms. The topological polar surface area (TPSA) is 99.4 Å². The second-order valence-electron chi connectivity index (χ2n) is 9.41. The van der Waals surface area contributed by atoms with Crippen LogP contribution in [0, 0.1) is 12.8 Å². The molecule has 1 N–H and O–H groups in total. The summed E-state index contributed by atoms with van der Waals surface area (Å²) in [5.41, 5.74) is 5.89. The number of aromatic nitrogens is 3. The third-order valence-corrected chi connectivity index (χ3v) is 7.24. The summed E-state index contributed by atoms with van der Waals surface area (Å²) >= 11 is 6.55. The summed E-state index contributed by atoms with van der Waals surface area (Å²) in [7, 11) is 3.09. The molecule has 2 heterocycles. The molecule has 0 unspecified atom stereocenters. The Hall–Kier alpha value is -3.75. The average Bonchev–Trinajstić information content (AvgIpc) is 3.60. The number of halogens is 1. The summed E-state index contributed by atoms with van der Waals surface area (Å²) < 4.78 is 16.0. The van der Waals surface area contributed by atoms with Crippen LogP contribution in [-0.4, -0.2) is 41.4 Å². The molecular formula is C29H29ClN4O4. The second kappa shape index (κ2) is 11.3. The Morgan fingerprint density at radius 1 is 1.11 bits per heavy atom. The zero-order chi connectivity index (χ0) is 26.6. The predicted molar refractivity (Wildman–Crippen MR) is 146 cm³/mol. The standard InChI is InChI=1S/C29H29ClN4O4/c1-17-7-4-5-8-21(17)22-12-11-18(13-20(22)16-36-2)28-33-26(34-38-28)19-14-24(30)27(31-15-19)32-25-10-6-9-23(25)29(35)37-3/h4-5,7-8,11-15,23,25H,6,9-10,16H2,1-3H3,(H,31,32)/t23-,25+/m0/s1. The van der Waals surface area contributed by atoms with Gasteiger partial charge in [-0.25, -0.2) is 4.98 Å². The van der Waals surface area contributed by atoms with Crippen LogP contribution >= 0.6 is 11.6 Å². The number of hydrogen-bond donors (Lipinski definition) is 1. The zero-order valence-electron chi connectivity index (χ0n) is 21.5. The number of anilines is 1. The minimum Gasteiger partial charge on any atom is -0.469 e. The van der Waals surface area contributed by atoms with Gasteiger partial charge in [-0.3, -0.25) is 4.79 Å². The molecule has 0 bridgehead atoms. The van der Waals surface area contributed by atoms with Gasteiger partial charge in [-0.05, 0) is 60.2 Å². The van der Waals surface area contributed by atoms with E-state index in [1.807, 2.05) is 24.3 Å². The van der Waals surface area contributed by atoms with Gasteiger partial charge in [0.25, 0.3) is 5.89 Å². The number of ether oxygens (including phenoxy) is 2. The van der Waals surface area contributed by atoms with Crippen molar-refractivity contribution in [2.45, 2.75) is 38.8 Å². The van der Waals surface area contributed by atoms with E-state index in [4.69, 9.17) is 25.6 Å². The molecule has 2 aromatic heterocycles. The molecular weight excluding hydrogens is 504 g/mol. The van der Waals surface area contributed by atoms with Crippen LogP contribution in [0.25, 0.3) is 34.0 Å². The second-order valence-corrected chi connectivity index (χ2v) is 9.82. The van der Waals surface area contributed by atoms with E-state index in [1.54, 1.807) is 19.4 Å². The maximum absolute atomic E-state index is 12.1. The van der Waals surface area contributed by atoms with E-state index in [0.29, 0.717) is 34.7 Å². The number of aryl methyl sites for hydroxylation is 1. The number of nitrogens with one attached hydrogen (secondary N) is 1. The van der Waals surface area contributed by atoms with Gasteiger partial charge in [0.2, 0.25) is 5.82 Å². The van der Waals surface area contributed by atoms with E-state index < -0.39 is 0 Å². The third-order valence-electron chi connectivity index (χ3n) is 6.95. The molecule has 5 rings (SSSR count). The van der Waals surface area contributed by atoms with Gasteiger partial charge in [-0.15, -0.1) is 0 Å². The fourth-order valence-corrected chi connectivity index (χ4v) is 5.23. The minimum absolute atomic E-state index is 0.0704. The molecule has 2 aromatic carbocycles. The van der Waals surface area contributed by atoms with Crippen molar-refractivity contribution in [2.24, 2.45) is 5.92 Å². The number of benzene rings is 2. The van der Waals surface area contributed by atoms with Crippen LogP contribution in [0.5, 0.6) is 0 Å². The number of esters is 1. The number of carbonyl (C=O) groups excluding carboxylic acids is 1. The number of carbonyl (C=O) groups is 1. The van der Waals surface area contributed by atoms with Crippen molar-refractivity contribution in [2.75, 3.05) is 19.5 Å². The number of nitrogens with zero attached hydrogens (tertiary/aromatic N) is 3. The number of pyridine rings is 1. The lowest BCUT2D eigenvalue weighted by atomic mass is 9.94. The highest BCUT2D eigenvalue weighted by Gasteiger charge is 2.34. The summed E-state index contributed by atoms with van der Waals surface area (Å²) in [5.74, 6) is 0.852. The van der Waals surface area contributed by atoms with E-state index in [0.717, 1.165) is 41.5 Å². The van der Waals surface area contributed by atoms with Gasteiger partial charge in [-0.1, -0.05) is 53.5 Å². The molecule has 0 aliphatic heterocycles. The largest absolute Gasteiger partial charge is 0.469 e.